The van der Waals surface area contributed by atoms with Crippen molar-refractivity contribution in [3.05, 3.63) is 198 Å². The number of rotatable bonds is 3. The molecule has 12 rings (SSSR count). The van der Waals surface area contributed by atoms with Crippen LogP contribution in [0.1, 0.15) is 49.9 Å². The van der Waals surface area contributed by atoms with Gasteiger partial charge in [-0.2, -0.15) is 0 Å². The topological polar surface area (TPSA) is 4.93 Å². The Kier molecular flexibility index (Phi) is 6.53. The van der Waals surface area contributed by atoms with E-state index in [0.29, 0.717) is 0 Å². The van der Waals surface area contributed by atoms with Gasteiger partial charge >= 0.3 is 0 Å². The molecule has 0 aliphatic heterocycles. The first-order valence-electron chi connectivity index (χ1n) is 20.3. The van der Waals surface area contributed by atoms with E-state index in [1.807, 2.05) is 0 Å². The van der Waals surface area contributed by atoms with Gasteiger partial charge in [0.2, 0.25) is 0 Å². The third kappa shape index (κ3) is 4.29. The maximum Gasteiger partial charge on any atom is 0.0619 e. The van der Waals surface area contributed by atoms with Gasteiger partial charge in [0.05, 0.1) is 16.7 Å². The number of nitrogens with zero attached hydrogens (tertiary/aromatic N) is 1. The van der Waals surface area contributed by atoms with Crippen molar-refractivity contribution in [3.8, 4) is 50.2 Å². The third-order valence-electron chi connectivity index (χ3n) is 13.6. The molecule has 2 aliphatic rings. The number of para-hydroxylation sites is 2. The largest absolute Gasteiger partial charge is 0.308 e. The van der Waals surface area contributed by atoms with Crippen molar-refractivity contribution in [2.75, 3.05) is 0 Å². The molecule has 1 heterocycles. The van der Waals surface area contributed by atoms with Gasteiger partial charge in [-0.1, -0.05) is 179 Å². The summed E-state index contributed by atoms with van der Waals surface area (Å²) in [7, 11) is 0. The molecule has 10 aromatic rings. The zero-order chi connectivity index (χ0) is 38.2. The second kappa shape index (κ2) is 11.4. The number of hydrogen-bond donors (Lipinski definition) is 0. The average Bonchev–Trinajstić information content (AvgIpc) is 3.79. The fraction of sp³-hybridized carbons (Fsp3) is 0.107. The van der Waals surface area contributed by atoms with Crippen molar-refractivity contribution in [2.24, 2.45) is 0 Å². The van der Waals surface area contributed by atoms with Gasteiger partial charge in [-0.25, -0.2) is 0 Å². The second-order valence-electron chi connectivity index (χ2n) is 17.2. The van der Waals surface area contributed by atoms with Gasteiger partial charge in [0.15, 0.2) is 0 Å². The average molecular weight is 728 g/mol. The summed E-state index contributed by atoms with van der Waals surface area (Å²) in [5.74, 6) is 0. The van der Waals surface area contributed by atoms with Crippen molar-refractivity contribution in [3.63, 3.8) is 0 Å². The summed E-state index contributed by atoms with van der Waals surface area (Å²) in [6.07, 6.45) is 0. The van der Waals surface area contributed by atoms with Gasteiger partial charge in [0, 0.05) is 32.4 Å². The van der Waals surface area contributed by atoms with Crippen molar-refractivity contribution in [2.45, 2.75) is 38.5 Å². The summed E-state index contributed by atoms with van der Waals surface area (Å²) in [5, 5.41) is 7.57. The van der Waals surface area contributed by atoms with Crippen molar-refractivity contribution in [1.29, 1.82) is 0 Å². The molecule has 9 aromatic carbocycles. The van der Waals surface area contributed by atoms with E-state index in [2.05, 4.69) is 208 Å². The lowest BCUT2D eigenvalue weighted by molar-refractivity contribution is 0.660. The van der Waals surface area contributed by atoms with E-state index in [9.17, 15) is 0 Å². The monoisotopic (exact) mass is 727 g/mol. The number of benzene rings is 9. The van der Waals surface area contributed by atoms with Crippen molar-refractivity contribution >= 4 is 43.4 Å². The lowest BCUT2D eigenvalue weighted by Gasteiger charge is -2.24. The van der Waals surface area contributed by atoms with Gasteiger partial charge in [-0.15, -0.1) is 0 Å². The van der Waals surface area contributed by atoms with Crippen LogP contribution in [-0.2, 0) is 10.8 Å². The van der Waals surface area contributed by atoms with E-state index >= 15 is 0 Å². The second-order valence-corrected chi connectivity index (χ2v) is 17.2. The molecule has 0 unspecified atom stereocenters. The molecule has 0 fully saturated rings. The summed E-state index contributed by atoms with van der Waals surface area (Å²) in [6, 6.07) is 66.3. The maximum absolute atomic E-state index is 2.53. The van der Waals surface area contributed by atoms with Crippen LogP contribution >= 0.6 is 0 Å². The zero-order valence-corrected chi connectivity index (χ0v) is 32.7. The van der Waals surface area contributed by atoms with Gasteiger partial charge in [0.25, 0.3) is 0 Å². The van der Waals surface area contributed by atoms with E-state index in [0.717, 1.165) is 0 Å². The Hall–Kier alpha value is -6.70. The molecule has 0 N–H and O–H groups in total. The summed E-state index contributed by atoms with van der Waals surface area (Å²) in [4.78, 5) is 0. The molecule has 1 aromatic heterocycles. The van der Waals surface area contributed by atoms with Gasteiger partial charge in [-0.05, 0) is 102 Å². The molecular weight excluding hydrogens is 687 g/mol. The highest BCUT2D eigenvalue weighted by molar-refractivity contribution is 6.22. The van der Waals surface area contributed by atoms with E-state index in [-0.39, 0.29) is 10.8 Å². The van der Waals surface area contributed by atoms with Crippen LogP contribution < -0.4 is 0 Å². The van der Waals surface area contributed by atoms with Crippen LogP contribution in [0.2, 0.25) is 0 Å². The maximum atomic E-state index is 2.53. The van der Waals surface area contributed by atoms with Crippen molar-refractivity contribution < 1.29 is 0 Å². The first-order chi connectivity index (χ1) is 27.8. The number of aromatic nitrogens is 1. The van der Waals surface area contributed by atoms with Crippen LogP contribution in [0, 0.1) is 0 Å². The summed E-state index contributed by atoms with van der Waals surface area (Å²) in [6.45, 7) is 9.52. The van der Waals surface area contributed by atoms with E-state index in [1.54, 1.807) is 0 Å². The van der Waals surface area contributed by atoms with Crippen molar-refractivity contribution in [1.82, 2.24) is 4.57 Å². The highest BCUT2D eigenvalue weighted by Crippen LogP contribution is 2.55. The first-order valence-corrected chi connectivity index (χ1v) is 20.3. The Balaban J connectivity index is 1.22. The fourth-order valence-electron chi connectivity index (χ4n) is 10.9. The minimum Gasteiger partial charge on any atom is -0.308 e. The third-order valence-corrected chi connectivity index (χ3v) is 13.6. The van der Waals surface area contributed by atoms with Gasteiger partial charge in [0.1, 0.15) is 0 Å². The van der Waals surface area contributed by atoms with Gasteiger partial charge in [-0.3, -0.25) is 0 Å². The zero-order valence-electron chi connectivity index (χ0n) is 32.7. The molecule has 0 bridgehead atoms. The highest BCUT2D eigenvalue weighted by atomic mass is 15.0. The Labute approximate surface area is 333 Å². The minimum atomic E-state index is -0.101. The van der Waals surface area contributed by atoms with Crippen LogP contribution in [0.15, 0.2) is 176 Å². The number of fused-ring (bicyclic) bond motifs is 11. The highest BCUT2D eigenvalue weighted by Gasteiger charge is 2.38. The molecule has 0 amide bonds. The lowest BCUT2D eigenvalue weighted by atomic mass is 9.80. The fourth-order valence-corrected chi connectivity index (χ4v) is 10.9. The number of hydrogen-bond acceptors (Lipinski definition) is 0. The molecule has 0 saturated carbocycles. The Morgan fingerprint density at radius 1 is 0.316 bits per heavy atom. The standard InChI is InChI=1S/C56H41N/c1-55(2)47-24-12-8-21-43(47)53-44(22-15-25-48(53)55)52-40-19-5-6-20-41(40)54(57-50-26-13-9-17-38(50)39-18-10-14-27-51(39)57)42-31-29-34(32-45(42)52)35-28-30-37-36-16-7-11-23-46(36)56(3,4)49(37)33-35/h5-33H,1-4H3. The SMILES string of the molecule is CC1(C)c2ccccc2-c2ccc(-c3ccc4c(-n5c6ccccc6c6ccccc65)c5ccccc5c(-c5cccc6c5-c5ccccc5C6(C)C)c4c3)cc21. The molecule has 0 atom stereocenters. The molecule has 2 aliphatic carbocycles. The van der Waals surface area contributed by atoms with Crippen LogP contribution in [0.3, 0.4) is 0 Å². The molecule has 1 heteroatoms. The normalized spacial score (nSPS) is 14.6. The van der Waals surface area contributed by atoms with Crippen LogP contribution in [0.5, 0.6) is 0 Å². The van der Waals surface area contributed by atoms with E-state index in [1.165, 1.54) is 116 Å². The molecule has 270 valence electrons. The Morgan fingerprint density at radius 3 is 1.54 bits per heavy atom. The smallest absolute Gasteiger partial charge is 0.0619 e. The Morgan fingerprint density at radius 2 is 0.807 bits per heavy atom. The predicted molar refractivity (Wildman–Crippen MR) is 242 cm³/mol. The van der Waals surface area contributed by atoms with Gasteiger partial charge < -0.3 is 4.57 Å². The molecule has 57 heavy (non-hydrogen) atoms. The molecule has 0 spiro atoms. The minimum absolute atomic E-state index is 0.0748. The Bertz CT molecular complexity index is 3300. The summed E-state index contributed by atoms with van der Waals surface area (Å²) < 4.78 is 2.53. The predicted octanol–water partition coefficient (Wildman–Crippen LogP) is 15.0. The van der Waals surface area contributed by atoms with Crippen LogP contribution in [0.4, 0.5) is 0 Å². The van der Waals surface area contributed by atoms with Crippen LogP contribution in [-0.4, -0.2) is 4.57 Å². The lowest BCUT2D eigenvalue weighted by Crippen LogP contribution is -2.14. The molecule has 0 radical (unpaired) electrons. The van der Waals surface area contributed by atoms with Crippen LogP contribution in [0.25, 0.3) is 93.5 Å². The molecule has 1 nitrogen and oxygen atoms in total. The van der Waals surface area contributed by atoms with E-state index in [4.69, 9.17) is 0 Å². The summed E-state index contributed by atoms with van der Waals surface area (Å²) >= 11 is 0. The summed E-state index contributed by atoms with van der Waals surface area (Å²) in [5.41, 5.74) is 19.6. The quantitative estimate of drug-likeness (QED) is 0.160. The molecular formula is C56H41N. The first kappa shape index (κ1) is 32.5. The van der Waals surface area contributed by atoms with E-state index < -0.39 is 0 Å². The molecule has 0 saturated heterocycles.